The lowest BCUT2D eigenvalue weighted by Gasteiger charge is -2.34. The van der Waals surface area contributed by atoms with E-state index in [1.165, 1.54) is 5.56 Å². The van der Waals surface area contributed by atoms with E-state index in [0.717, 1.165) is 42.0 Å². The number of hydrogen-bond acceptors (Lipinski definition) is 6. The minimum absolute atomic E-state index is 0.0598. The van der Waals surface area contributed by atoms with Gasteiger partial charge in [0, 0.05) is 63.8 Å². The van der Waals surface area contributed by atoms with E-state index in [1.54, 1.807) is 13.3 Å². The summed E-state index contributed by atoms with van der Waals surface area (Å²) in [5.74, 6) is 2.13. The number of carbonyl (C=O) groups is 1. The van der Waals surface area contributed by atoms with Crippen molar-refractivity contribution in [3.8, 4) is 17.4 Å². The van der Waals surface area contributed by atoms with Crippen molar-refractivity contribution < 1.29 is 14.3 Å². The van der Waals surface area contributed by atoms with Crippen LogP contribution in [0.5, 0.6) is 17.4 Å². The van der Waals surface area contributed by atoms with Gasteiger partial charge in [-0.15, -0.1) is 0 Å². The van der Waals surface area contributed by atoms with Crippen LogP contribution in [0.1, 0.15) is 16.1 Å². The molecule has 0 saturated carbocycles. The fourth-order valence-electron chi connectivity index (χ4n) is 4.57. The van der Waals surface area contributed by atoms with Crippen LogP contribution in [0.3, 0.4) is 0 Å². The Hall–Kier alpha value is -4.04. The first-order valence-corrected chi connectivity index (χ1v) is 12.1. The molecular formula is C28H31N5O3. The lowest BCUT2D eigenvalue weighted by atomic mass is 10.2. The van der Waals surface area contributed by atoms with Crippen LogP contribution in [-0.4, -0.2) is 65.6 Å². The number of aromatic nitrogens is 2. The van der Waals surface area contributed by atoms with Gasteiger partial charge in [-0.1, -0.05) is 12.1 Å². The highest BCUT2D eigenvalue weighted by molar-refractivity contribution is 5.99. The molecule has 0 spiro atoms. The first-order valence-electron chi connectivity index (χ1n) is 12.1. The normalized spacial score (nSPS) is 14.1. The zero-order valence-corrected chi connectivity index (χ0v) is 20.9. The van der Waals surface area contributed by atoms with Crippen molar-refractivity contribution in [2.24, 2.45) is 7.05 Å². The number of pyridine rings is 1. The molecule has 0 atom stereocenters. The molecule has 0 unspecified atom stereocenters. The highest BCUT2D eigenvalue weighted by atomic mass is 16.5. The average molecular weight is 486 g/mol. The molecule has 3 heterocycles. The van der Waals surface area contributed by atoms with Gasteiger partial charge in [-0.05, 0) is 48.0 Å². The lowest BCUT2D eigenvalue weighted by molar-refractivity contribution is 0.0619. The summed E-state index contributed by atoms with van der Waals surface area (Å²) >= 11 is 0. The van der Waals surface area contributed by atoms with Crippen molar-refractivity contribution >= 4 is 22.5 Å². The zero-order chi connectivity index (χ0) is 25.1. The van der Waals surface area contributed by atoms with Gasteiger partial charge in [0.25, 0.3) is 5.91 Å². The average Bonchev–Trinajstić information content (AvgIpc) is 3.25. The number of aryl methyl sites for hydroxylation is 1. The summed E-state index contributed by atoms with van der Waals surface area (Å²) < 4.78 is 13.1. The summed E-state index contributed by atoms with van der Waals surface area (Å²) in [6.45, 7) is 3.98. The fraction of sp³-hybridized carbons (Fsp3) is 0.286. The van der Waals surface area contributed by atoms with Gasteiger partial charge in [0.15, 0.2) is 0 Å². The molecule has 0 radical (unpaired) electrons. The van der Waals surface area contributed by atoms with E-state index >= 15 is 0 Å². The van der Waals surface area contributed by atoms with Gasteiger partial charge in [0.05, 0.1) is 19.0 Å². The molecule has 5 rings (SSSR count). The molecule has 36 heavy (non-hydrogen) atoms. The van der Waals surface area contributed by atoms with E-state index in [2.05, 4.69) is 27.3 Å². The van der Waals surface area contributed by atoms with Crippen LogP contribution in [0.2, 0.25) is 0 Å². The van der Waals surface area contributed by atoms with Gasteiger partial charge in [0.1, 0.15) is 17.2 Å². The summed E-state index contributed by atoms with van der Waals surface area (Å²) in [4.78, 5) is 22.0. The van der Waals surface area contributed by atoms with Crippen LogP contribution in [0.25, 0.3) is 10.9 Å². The third kappa shape index (κ3) is 4.99. The Kier molecular flexibility index (Phi) is 6.77. The molecule has 4 aromatic rings. The number of rotatable bonds is 7. The number of methoxy groups -OCH3 is 1. The summed E-state index contributed by atoms with van der Waals surface area (Å²) in [5.41, 5.74) is 3.84. The van der Waals surface area contributed by atoms with Gasteiger partial charge in [-0.25, -0.2) is 4.98 Å². The van der Waals surface area contributed by atoms with Gasteiger partial charge < -0.3 is 24.3 Å². The van der Waals surface area contributed by atoms with E-state index in [1.807, 2.05) is 72.1 Å². The van der Waals surface area contributed by atoms with E-state index in [-0.39, 0.29) is 5.91 Å². The second kappa shape index (κ2) is 10.3. The molecule has 0 aliphatic carbocycles. The topological polar surface area (TPSA) is 71.9 Å². The maximum atomic E-state index is 13.4. The number of fused-ring (bicyclic) bond motifs is 1. The maximum Gasteiger partial charge on any atom is 0.270 e. The molecule has 1 amide bonds. The highest BCUT2D eigenvalue weighted by Crippen LogP contribution is 2.28. The Morgan fingerprint density at radius 3 is 2.39 bits per heavy atom. The summed E-state index contributed by atoms with van der Waals surface area (Å²) in [7, 11) is 5.46. The van der Waals surface area contributed by atoms with Crippen molar-refractivity contribution in [3.63, 3.8) is 0 Å². The lowest BCUT2D eigenvalue weighted by Crippen LogP contribution is -2.48. The second-order valence-corrected chi connectivity index (χ2v) is 8.96. The maximum absolute atomic E-state index is 13.4. The van der Waals surface area contributed by atoms with Crippen LogP contribution in [0, 0.1) is 0 Å². The number of benzene rings is 2. The molecule has 1 saturated heterocycles. The summed E-state index contributed by atoms with van der Waals surface area (Å²) in [6.07, 6.45) is 1.73. The van der Waals surface area contributed by atoms with Crippen LogP contribution in [-0.2, 0) is 13.6 Å². The monoisotopic (exact) mass is 485 g/mol. The largest absolute Gasteiger partial charge is 0.497 e. The second-order valence-electron chi connectivity index (χ2n) is 8.96. The number of nitrogens with zero attached hydrogens (tertiary/aromatic N) is 4. The molecule has 1 N–H and O–H groups in total. The van der Waals surface area contributed by atoms with E-state index in [0.29, 0.717) is 30.4 Å². The number of anilines is 1. The van der Waals surface area contributed by atoms with Crippen molar-refractivity contribution in [1.82, 2.24) is 19.4 Å². The van der Waals surface area contributed by atoms with Crippen molar-refractivity contribution in [1.29, 1.82) is 0 Å². The standard InChI is InChI=1S/C28H31N5O3/c1-29-22-6-11-27(30-18-22)36-24-9-10-25-21(16-24)17-26(31(25)2)28(34)33-14-12-32(13-15-33)19-20-4-7-23(35-3)8-5-20/h4-11,16-18,29H,12-15,19H2,1-3H3. The van der Waals surface area contributed by atoms with Gasteiger partial charge in [0.2, 0.25) is 5.88 Å². The molecule has 8 heteroatoms. The van der Waals surface area contributed by atoms with Gasteiger partial charge >= 0.3 is 0 Å². The number of amides is 1. The molecule has 1 aliphatic rings. The molecule has 8 nitrogen and oxygen atoms in total. The Morgan fingerprint density at radius 2 is 1.72 bits per heavy atom. The van der Waals surface area contributed by atoms with Gasteiger partial charge in [-0.2, -0.15) is 0 Å². The Bertz CT molecular complexity index is 1340. The third-order valence-corrected chi connectivity index (χ3v) is 6.71. The molecule has 0 bridgehead atoms. The van der Waals surface area contributed by atoms with E-state index in [4.69, 9.17) is 9.47 Å². The number of piperazine rings is 1. The van der Waals surface area contributed by atoms with E-state index < -0.39 is 0 Å². The van der Waals surface area contributed by atoms with Crippen LogP contribution in [0.15, 0.2) is 66.9 Å². The van der Waals surface area contributed by atoms with Crippen molar-refractivity contribution in [3.05, 3.63) is 78.1 Å². The van der Waals surface area contributed by atoms with Crippen molar-refractivity contribution in [2.45, 2.75) is 6.54 Å². The number of carbonyl (C=O) groups excluding carboxylic acids is 1. The number of hydrogen-bond donors (Lipinski definition) is 1. The van der Waals surface area contributed by atoms with Crippen LogP contribution >= 0.6 is 0 Å². The van der Waals surface area contributed by atoms with E-state index in [9.17, 15) is 4.79 Å². The van der Waals surface area contributed by atoms with Gasteiger partial charge in [-0.3, -0.25) is 9.69 Å². The molecule has 2 aromatic heterocycles. The SMILES string of the molecule is CNc1ccc(Oc2ccc3c(c2)cc(C(=O)N2CCN(Cc4ccc(OC)cc4)CC2)n3C)nc1. The van der Waals surface area contributed by atoms with Crippen molar-refractivity contribution in [2.75, 3.05) is 45.7 Å². The smallest absolute Gasteiger partial charge is 0.270 e. The number of ether oxygens (including phenoxy) is 2. The number of nitrogens with one attached hydrogen (secondary N) is 1. The minimum atomic E-state index is 0.0598. The fourth-order valence-corrected chi connectivity index (χ4v) is 4.57. The first kappa shape index (κ1) is 23.7. The predicted octanol–water partition coefficient (Wildman–Crippen LogP) is 4.37. The Morgan fingerprint density at radius 1 is 0.972 bits per heavy atom. The quantitative estimate of drug-likeness (QED) is 0.419. The third-order valence-electron chi connectivity index (χ3n) is 6.71. The molecule has 1 fully saturated rings. The molecule has 2 aromatic carbocycles. The molecular weight excluding hydrogens is 454 g/mol. The summed E-state index contributed by atoms with van der Waals surface area (Å²) in [5, 5.41) is 4.00. The zero-order valence-electron chi connectivity index (χ0n) is 20.9. The molecule has 1 aliphatic heterocycles. The molecule has 186 valence electrons. The Labute approximate surface area is 211 Å². The van der Waals surface area contributed by atoms with Crippen LogP contribution < -0.4 is 14.8 Å². The summed E-state index contributed by atoms with van der Waals surface area (Å²) in [6, 6.07) is 19.7. The highest BCUT2D eigenvalue weighted by Gasteiger charge is 2.24. The first-order chi connectivity index (χ1) is 17.5. The Balaban J connectivity index is 1.24. The van der Waals surface area contributed by atoms with Crippen LogP contribution in [0.4, 0.5) is 5.69 Å². The predicted molar refractivity (Wildman–Crippen MR) is 141 cm³/mol. The minimum Gasteiger partial charge on any atom is -0.497 e.